The molecule has 44 heavy (non-hydrogen) atoms. The van der Waals surface area contributed by atoms with Crippen molar-refractivity contribution in [2.24, 2.45) is 6.98 Å². The van der Waals surface area contributed by atoms with Gasteiger partial charge in [0.15, 0.2) is 0 Å². The molecule has 5 nitrogen and oxygen atoms in total. The van der Waals surface area contributed by atoms with Gasteiger partial charge in [0.1, 0.15) is 0 Å². The maximum atomic E-state index is 8.57. The Labute approximate surface area is 275 Å². The maximum absolute atomic E-state index is 8.57. The summed E-state index contributed by atoms with van der Waals surface area (Å²) < 4.78 is 61.2. The zero-order chi connectivity index (χ0) is 35.1. The summed E-state index contributed by atoms with van der Waals surface area (Å²) in [5.41, 5.74) is 7.26. The Bertz CT molecular complexity index is 2660. The second kappa shape index (κ2) is 8.70. The summed E-state index contributed by atoms with van der Waals surface area (Å²) in [5, 5.41) is 2.10. The molecule has 0 saturated heterocycles. The van der Waals surface area contributed by atoms with Gasteiger partial charge < -0.3 is 0 Å². The molecule has 0 N–H and O–H groups in total. The molecule has 7 aromatic rings. The molecule has 0 fully saturated rings. The molecule has 2 aliphatic rings. The van der Waals surface area contributed by atoms with E-state index in [1.54, 1.807) is 29.0 Å². The van der Waals surface area contributed by atoms with E-state index in [4.69, 9.17) is 17.9 Å². The number of ether oxygens (including phenoxy) is 1. The Morgan fingerprint density at radius 3 is 2.66 bits per heavy atom. The van der Waals surface area contributed by atoms with Gasteiger partial charge in [0, 0.05) is 20.5 Å². The molecule has 6 heteroatoms. The summed E-state index contributed by atoms with van der Waals surface area (Å²) in [6.07, 6.45) is 4.02. The van der Waals surface area contributed by atoms with Crippen LogP contribution >= 0.6 is 0 Å². The fourth-order valence-electron chi connectivity index (χ4n) is 7.50. The van der Waals surface area contributed by atoms with Crippen molar-refractivity contribution in [1.29, 1.82) is 0 Å². The summed E-state index contributed by atoms with van der Waals surface area (Å²) in [4.78, 5) is 5.37. The second-order valence-electron chi connectivity index (χ2n) is 12.5. The fourth-order valence-corrected chi connectivity index (χ4v) is 8.11. The smallest absolute Gasteiger partial charge is 0.0229 e. The molecule has 1 unspecified atom stereocenters. The van der Waals surface area contributed by atoms with Crippen molar-refractivity contribution < 1.29 is 32.3 Å². The Kier molecular flexibility index (Phi) is 4.09. The maximum Gasteiger partial charge on any atom is 0.0229 e. The molecule has 0 saturated carbocycles. The molecule has 220 valence electrons. The number of hydrogen-bond donors (Lipinski definition) is 0. The standard InChI is InChI=1S/C38H30N4O.Pt/c1-23-13-16-31-34-32(23)29-15-14-27(43-26-11-8-10-25(19-26)41-18-17-40(5)22-41)20-30(29)36-39-33-28-12-7-6-9-24(28)21-38(4,37(31,2)3)35(33)42(34)36;/h6-18H,21H2,1-5H3;/q-2;/i1D3,5D3;. The number of aryl methyl sites for hydroxylation is 2. The first-order chi connectivity index (χ1) is 23.6. The summed E-state index contributed by atoms with van der Waals surface area (Å²) in [7, 11) is 0. The summed E-state index contributed by atoms with van der Waals surface area (Å²) in [5.74, 6) is 0.831. The monoisotopic (exact) mass is 759 g/mol. The van der Waals surface area contributed by atoms with E-state index in [-0.39, 0.29) is 10.8 Å². The first-order valence-corrected chi connectivity index (χ1v) is 15.7. The zero-order valence-corrected chi connectivity index (χ0v) is 26.5. The first kappa shape index (κ1) is 20.7. The van der Waals surface area contributed by atoms with Crippen molar-refractivity contribution in [1.82, 2.24) is 18.5 Å². The van der Waals surface area contributed by atoms with Crippen LogP contribution in [0, 0.1) is 22.8 Å². The molecule has 3 aromatic heterocycles. The average Bonchev–Trinajstić information content (AvgIpc) is 3.66. The van der Waals surface area contributed by atoms with Crippen LogP contribution in [0.15, 0.2) is 79.1 Å². The molecular formula is C38H30N4OPt-2. The zero-order valence-electron chi connectivity index (χ0n) is 30.2. The van der Waals surface area contributed by atoms with E-state index in [0.717, 1.165) is 39.8 Å². The number of hydrogen-bond acceptors (Lipinski definition) is 2. The fraction of sp³-hybridized carbons (Fsp3) is 0.211. The third kappa shape index (κ3) is 3.23. The van der Waals surface area contributed by atoms with Crippen LogP contribution < -0.4 is 4.74 Å². The van der Waals surface area contributed by atoms with E-state index >= 15 is 0 Å². The molecule has 0 bridgehead atoms. The van der Waals surface area contributed by atoms with E-state index in [1.165, 1.54) is 16.3 Å². The number of imidazole rings is 2. The van der Waals surface area contributed by atoms with Gasteiger partial charge in [0.2, 0.25) is 0 Å². The predicted molar refractivity (Wildman–Crippen MR) is 170 cm³/mol. The molecule has 0 spiro atoms. The Hall–Kier alpha value is -4.21. The molecule has 4 aromatic carbocycles. The summed E-state index contributed by atoms with van der Waals surface area (Å²) >= 11 is 1.99. The largest absolute Gasteiger partial charge is 0.0619 e. The molecule has 9 rings (SSSR count). The van der Waals surface area contributed by atoms with Gasteiger partial charge in [0.25, 0.3) is 0 Å². The van der Waals surface area contributed by atoms with Crippen molar-refractivity contribution in [3.63, 3.8) is 0 Å². The molecule has 0 amide bonds. The van der Waals surface area contributed by atoms with Crippen LogP contribution in [0.2, 0.25) is 0 Å². The van der Waals surface area contributed by atoms with Gasteiger partial charge in [-0.15, -0.1) is 0 Å². The molecular weight excluding hydrogens is 724 g/mol. The SMILES string of the molecule is [2H]C([2H])([2H])c1ccc2c3c1c1ccc(Oc4[c-]c(-n5ccn(C([2H])([2H])[2H])[c]5=[Pt])ccc4)[c-]c1c1nc4c(n13)C(C)(Cc1ccccc1-4)C2(C)C. The number of nitrogens with zero attached hydrogens (tertiary/aromatic N) is 4. The molecule has 1 atom stereocenters. The van der Waals surface area contributed by atoms with Crippen LogP contribution in [0.5, 0.6) is 11.5 Å². The summed E-state index contributed by atoms with van der Waals surface area (Å²) in [6, 6.07) is 28.1. The van der Waals surface area contributed by atoms with Crippen LogP contribution in [-0.2, 0) is 43.6 Å². The van der Waals surface area contributed by atoms with Gasteiger partial charge in [-0.2, -0.15) is 0 Å². The average molecular weight is 760 g/mol. The number of pyridine rings is 1. The van der Waals surface area contributed by atoms with Crippen LogP contribution in [0.25, 0.3) is 44.3 Å². The predicted octanol–water partition coefficient (Wildman–Crippen LogP) is 8.32. The van der Waals surface area contributed by atoms with Gasteiger partial charge in [0.05, 0.1) is 0 Å². The van der Waals surface area contributed by atoms with Crippen molar-refractivity contribution >= 4 is 27.3 Å². The van der Waals surface area contributed by atoms with Gasteiger partial charge in [-0.25, -0.2) is 0 Å². The normalized spacial score (nSPS) is 20.6. The van der Waals surface area contributed by atoms with Crippen LogP contribution in [0.3, 0.4) is 0 Å². The number of benzene rings is 4. The van der Waals surface area contributed by atoms with Crippen molar-refractivity contribution in [3.05, 3.63) is 117 Å². The Balaban J connectivity index is 1.30. The molecule has 4 heterocycles. The Morgan fingerprint density at radius 2 is 1.82 bits per heavy atom. The quantitative estimate of drug-likeness (QED) is 0.134. The number of rotatable bonds is 3. The Morgan fingerprint density at radius 1 is 0.955 bits per heavy atom. The third-order valence-corrected chi connectivity index (χ3v) is 11.1. The van der Waals surface area contributed by atoms with Gasteiger partial charge >= 0.3 is 174 Å². The minimum absolute atomic E-state index is 0.292. The minimum Gasteiger partial charge on any atom is -0.0619 e. The van der Waals surface area contributed by atoms with E-state index in [1.807, 2.05) is 49.7 Å². The van der Waals surface area contributed by atoms with Crippen molar-refractivity contribution in [2.75, 3.05) is 0 Å². The van der Waals surface area contributed by atoms with Crippen LogP contribution in [-0.4, -0.2) is 18.5 Å². The van der Waals surface area contributed by atoms with Crippen molar-refractivity contribution in [3.8, 4) is 28.4 Å². The molecule has 1 aliphatic carbocycles. The van der Waals surface area contributed by atoms with Gasteiger partial charge in [-0.05, 0) is 24.4 Å². The van der Waals surface area contributed by atoms with Crippen molar-refractivity contribution in [2.45, 2.75) is 44.9 Å². The minimum atomic E-state index is -2.35. The molecule has 1 aliphatic heterocycles. The third-order valence-electron chi connectivity index (χ3n) is 10.0. The van der Waals surface area contributed by atoms with E-state index in [9.17, 15) is 0 Å². The van der Waals surface area contributed by atoms with E-state index < -0.39 is 13.8 Å². The topological polar surface area (TPSA) is 36.4 Å². The van der Waals surface area contributed by atoms with Gasteiger partial charge in [-0.3, -0.25) is 0 Å². The van der Waals surface area contributed by atoms with Gasteiger partial charge in [-0.1, -0.05) is 57.2 Å². The van der Waals surface area contributed by atoms with E-state index in [0.29, 0.717) is 43.0 Å². The first-order valence-electron chi connectivity index (χ1n) is 17.5. The van der Waals surface area contributed by atoms with Crippen LogP contribution in [0.4, 0.5) is 0 Å². The molecule has 0 radical (unpaired) electrons. The van der Waals surface area contributed by atoms with Crippen LogP contribution in [0.1, 0.15) is 51.4 Å². The van der Waals surface area contributed by atoms with E-state index in [2.05, 4.69) is 55.5 Å². The summed E-state index contributed by atoms with van der Waals surface area (Å²) in [6.45, 7) is 2.19. The number of fused-ring (bicyclic) bond motifs is 5. The number of aromatic nitrogens is 4. The second-order valence-corrected chi connectivity index (χ2v) is 13.6.